The molecule has 0 bridgehead atoms. The molecule has 3 aliphatic heterocycles. The van der Waals surface area contributed by atoms with E-state index in [1.807, 2.05) is 21.9 Å². The molecule has 2 saturated heterocycles. The smallest absolute Gasteiger partial charge is 0.320 e. The van der Waals surface area contributed by atoms with Gasteiger partial charge in [-0.1, -0.05) is 0 Å². The van der Waals surface area contributed by atoms with Crippen LogP contribution in [0.5, 0.6) is 11.5 Å². The summed E-state index contributed by atoms with van der Waals surface area (Å²) in [6.07, 6.45) is 3.42. The van der Waals surface area contributed by atoms with Crippen molar-refractivity contribution in [2.24, 2.45) is 0 Å². The van der Waals surface area contributed by atoms with E-state index in [1.165, 1.54) is 6.42 Å². The number of nitrogens with one attached hydrogen (secondary N) is 1. The standard InChI is InChI=1S/C20H28N4O4/c25-19(21-16-4-5-17-18(14-16)28-13-12-27-17)15-22-8-10-24(11-9-22)20(26)23-6-2-1-3-7-23/h4-5,14H,1-3,6-13,15H2,(H,21,25). The van der Waals surface area contributed by atoms with Crippen LogP contribution in [-0.4, -0.2) is 85.7 Å². The van der Waals surface area contributed by atoms with Gasteiger partial charge in [-0.15, -0.1) is 0 Å². The second-order valence-corrected chi connectivity index (χ2v) is 7.50. The Morgan fingerprint density at radius 2 is 1.54 bits per heavy atom. The molecule has 28 heavy (non-hydrogen) atoms. The van der Waals surface area contributed by atoms with Gasteiger partial charge in [0.2, 0.25) is 5.91 Å². The van der Waals surface area contributed by atoms with Crippen molar-refractivity contribution in [1.82, 2.24) is 14.7 Å². The number of hydrogen-bond acceptors (Lipinski definition) is 5. The van der Waals surface area contributed by atoms with Gasteiger partial charge >= 0.3 is 6.03 Å². The topological polar surface area (TPSA) is 74.4 Å². The zero-order chi connectivity index (χ0) is 19.3. The average molecular weight is 388 g/mol. The van der Waals surface area contributed by atoms with Crippen LogP contribution in [0.15, 0.2) is 18.2 Å². The Bertz CT molecular complexity index is 712. The third-order valence-electron chi connectivity index (χ3n) is 5.46. The molecule has 1 aromatic rings. The maximum Gasteiger partial charge on any atom is 0.320 e. The number of carbonyl (C=O) groups is 2. The van der Waals surface area contributed by atoms with E-state index in [4.69, 9.17) is 9.47 Å². The molecule has 0 aliphatic carbocycles. The fourth-order valence-electron chi connectivity index (χ4n) is 3.91. The first-order chi connectivity index (χ1) is 13.7. The average Bonchev–Trinajstić information content (AvgIpc) is 2.74. The van der Waals surface area contributed by atoms with Gasteiger partial charge in [0.15, 0.2) is 11.5 Å². The number of fused-ring (bicyclic) bond motifs is 1. The Kier molecular flexibility index (Phi) is 5.85. The molecule has 0 radical (unpaired) electrons. The van der Waals surface area contributed by atoms with Gasteiger partial charge in [0.1, 0.15) is 13.2 Å². The summed E-state index contributed by atoms with van der Waals surface area (Å²) in [6, 6.07) is 5.58. The maximum atomic E-state index is 12.6. The fraction of sp³-hybridized carbons (Fsp3) is 0.600. The number of amides is 3. The van der Waals surface area contributed by atoms with Crippen LogP contribution in [0.25, 0.3) is 0 Å². The highest BCUT2D eigenvalue weighted by Gasteiger charge is 2.26. The number of carbonyl (C=O) groups excluding carboxylic acids is 2. The molecule has 152 valence electrons. The van der Waals surface area contributed by atoms with Crippen LogP contribution >= 0.6 is 0 Å². The van der Waals surface area contributed by atoms with Gasteiger partial charge in [-0.05, 0) is 31.4 Å². The van der Waals surface area contributed by atoms with Crippen LogP contribution in [0.1, 0.15) is 19.3 Å². The Hall–Kier alpha value is -2.48. The number of benzene rings is 1. The van der Waals surface area contributed by atoms with Crippen LogP contribution in [0, 0.1) is 0 Å². The summed E-state index contributed by atoms with van der Waals surface area (Å²) in [5.41, 5.74) is 0.702. The van der Waals surface area contributed by atoms with Crippen molar-refractivity contribution in [3.8, 4) is 11.5 Å². The zero-order valence-electron chi connectivity index (χ0n) is 16.2. The molecule has 0 saturated carbocycles. The lowest BCUT2D eigenvalue weighted by Crippen LogP contribution is -2.54. The van der Waals surface area contributed by atoms with E-state index in [0.29, 0.717) is 63.1 Å². The largest absolute Gasteiger partial charge is 0.486 e. The summed E-state index contributed by atoms with van der Waals surface area (Å²) in [5.74, 6) is 1.31. The number of piperidine rings is 1. The molecule has 3 amide bonds. The maximum absolute atomic E-state index is 12.6. The van der Waals surface area contributed by atoms with E-state index in [1.54, 1.807) is 6.07 Å². The summed E-state index contributed by atoms with van der Waals surface area (Å²) in [6.45, 7) is 5.91. The number of likely N-dealkylation sites (tertiary alicyclic amines) is 1. The molecule has 1 aromatic carbocycles. The molecule has 2 fully saturated rings. The highest BCUT2D eigenvalue weighted by atomic mass is 16.6. The lowest BCUT2D eigenvalue weighted by Gasteiger charge is -2.38. The predicted molar refractivity (Wildman–Crippen MR) is 105 cm³/mol. The van der Waals surface area contributed by atoms with Crippen molar-refractivity contribution in [3.63, 3.8) is 0 Å². The van der Waals surface area contributed by atoms with Gasteiger partial charge in [-0.3, -0.25) is 9.69 Å². The summed E-state index contributed by atoms with van der Waals surface area (Å²) in [5, 5.41) is 2.92. The molecule has 3 heterocycles. The molecule has 8 heteroatoms. The van der Waals surface area contributed by atoms with Gasteiger partial charge in [-0.2, -0.15) is 0 Å². The van der Waals surface area contributed by atoms with E-state index in [-0.39, 0.29) is 11.9 Å². The Morgan fingerprint density at radius 1 is 0.857 bits per heavy atom. The van der Waals surface area contributed by atoms with Crippen LogP contribution in [0.4, 0.5) is 10.5 Å². The third kappa shape index (κ3) is 4.49. The second kappa shape index (κ2) is 8.68. The second-order valence-electron chi connectivity index (χ2n) is 7.50. The molecule has 0 aromatic heterocycles. The summed E-state index contributed by atoms with van der Waals surface area (Å²) in [7, 11) is 0. The van der Waals surface area contributed by atoms with Gasteiger partial charge < -0.3 is 24.6 Å². The minimum Gasteiger partial charge on any atom is -0.486 e. The molecule has 0 spiro atoms. The number of rotatable bonds is 3. The number of piperazine rings is 1. The highest BCUT2D eigenvalue weighted by molar-refractivity contribution is 5.92. The predicted octanol–water partition coefficient (Wildman–Crippen LogP) is 1.62. The van der Waals surface area contributed by atoms with Gasteiger partial charge in [0, 0.05) is 51.0 Å². The number of hydrogen-bond donors (Lipinski definition) is 1. The zero-order valence-corrected chi connectivity index (χ0v) is 16.2. The van der Waals surface area contributed by atoms with Crippen molar-refractivity contribution in [1.29, 1.82) is 0 Å². The molecule has 1 N–H and O–H groups in total. The molecule has 0 unspecified atom stereocenters. The Balaban J connectivity index is 1.23. The Morgan fingerprint density at radius 3 is 2.29 bits per heavy atom. The lowest BCUT2D eigenvalue weighted by atomic mass is 10.1. The highest BCUT2D eigenvalue weighted by Crippen LogP contribution is 2.32. The van der Waals surface area contributed by atoms with E-state index < -0.39 is 0 Å². The molecular weight excluding hydrogens is 360 g/mol. The molecule has 8 nitrogen and oxygen atoms in total. The van der Waals surface area contributed by atoms with E-state index in [2.05, 4.69) is 10.2 Å². The SMILES string of the molecule is O=C(CN1CCN(C(=O)N2CCCCC2)CC1)Nc1ccc2c(c1)OCCO2. The van der Waals surface area contributed by atoms with Crippen molar-refractivity contribution < 1.29 is 19.1 Å². The third-order valence-corrected chi connectivity index (χ3v) is 5.46. The Labute approximate surface area is 165 Å². The first kappa shape index (κ1) is 18.9. The van der Waals surface area contributed by atoms with Crippen LogP contribution in [-0.2, 0) is 4.79 Å². The lowest BCUT2D eigenvalue weighted by molar-refractivity contribution is -0.117. The van der Waals surface area contributed by atoms with Gasteiger partial charge in [-0.25, -0.2) is 4.79 Å². The van der Waals surface area contributed by atoms with Gasteiger partial charge in [0.05, 0.1) is 6.54 Å². The fourth-order valence-corrected chi connectivity index (χ4v) is 3.91. The molecule has 3 aliphatic rings. The van der Waals surface area contributed by atoms with Gasteiger partial charge in [0.25, 0.3) is 0 Å². The van der Waals surface area contributed by atoms with E-state index in [0.717, 1.165) is 25.9 Å². The van der Waals surface area contributed by atoms with E-state index >= 15 is 0 Å². The number of ether oxygens (including phenoxy) is 2. The van der Waals surface area contributed by atoms with Crippen molar-refractivity contribution in [2.75, 3.05) is 64.3 Å². The number of urea groups is 1. The van der Waals surface area contributed by atoms with Crippen molar-refractivity contribution >= 4 is 17.6 Å². The summed E-state index contributed by atoms with van der Waals surface area (Å²) < 4.78 is 11.0. The summed E-state index contributed by atoms with van der Waals surface area (Å²) >= 11 is 0. The number of nitrogens with zero attached hydrogens (tertiary/aromatic N) is 3. The van der Waals surface area contributed by atoms with Crippen LogP contribution in [0.2, 0.25) is 0 Å². The van der Waals surface area contributed by atoms with Crippen LogP contribution in [0.3, 0.4) is 0 Å². The minimum atomic E-state index is -0.0625. The normalized spacial score (nSPS) is 20.0. The monoisotopic (exact) mass is 388 g/mol. The minimum absolute atomic E-state index is 0.0625. The van der Waals surface area contributed by atoms with Crippen molar-refractivity contribution in [2.45, 2.75) is 19.3 Å². The summed E-state index contributed by atoms with van der Waals surface area (Å²) in [4.78, 5) is 30.9. The van der Waals surface area contributed by atoms with Crippen molar-refractivity contribution in [3.05, 3.63) is 18.2 Å². The first-order valence-electron chi connectivity index (χ1n) is 10.1. The quantitative estimate of drug-likeness (QED) is 0.852. The number of anilines is 1. The molecule has 4 rings (SSSR count). The first-order valence-corrected chi connectivity index (χ1v) is 10.1. The van der Waals surface area contributed by atoms with E-state index in [9.17, 15) is 9.59 Å². The molecular formula is C20H28N4O4. The van der Waals surface area contributed by atoms with Crippen LogP contribution < -0.4 is 14.8 Å². The molecule has 0 atom stereocenters.